The number of hydrogen-bond donors (Lipinski definition) is 0. The van der Waals surface area contributed by atoms with Gasteiger partial charge in [-0.2, -0.15) is 0 Å². The average Bonchev–Trinajstić information content (AvgIpc) is 3.42. The average molecular weight is 553 g/mol. The molecule has 0 radical (unpaired) electrons. The Morgan fingerprint density at radius 1 is 0.558 bits per heavy atom. The van der Waals surface area contributed by atoms with Crippen LogP contribution in [0.1, 0.15) is 25.0 Å². The number of fused-ring (bicyclic) bond motifs is 8. The van der Waals surface area contributed by atoms with Crippen molar-refractivity contribution < 1.29 is 4.42 Å². The van der Waals surface area contributed by atoms with Crippen molar-refractivity contribution in [1.82, 2.24) is 4.98 Å². The van der Waals surface area contributed by atoms with E-state index in [4.69, 9.17) is 9.40 Å². The Bertz CT molecular complexity index is 2330. The first-order valence-electron chi connectivity index (χ1n) is 14.8. The van der Waals surface area contributed by atoms with E-state index in [1.165, 1.54) is 21.9 Å². The highest BCUT2D eigenvalue weighted by atomic mass is 16.3. The highest BCUT2D eigenvalue weighted by Gasteiger charge is 2.37. The van der Waals surface area contributed by atoms with E-state index in [1.807, 2.05) is 0 Å². The fourth-order valence-electron chi connectivity index (χ4n) is 7.12. The van der Waals surface area contributed by atoms with E-state index >= 15 is 0 Å². The van der Waals surface area contributed by atoms with E-state index < -0.39 is 0 Å². The monoisotopic (exact) mass is 552 g/mol. The van der Waals surface area contributed by atoms with Crippen molar-refractivity contribution in [3.8, 4) is 11.3 Å². The Balaban J connectivity index is 1.42. The predicted octanol–water partition coefficient (Wildman–Crippen LogP) is 11.1. The van der Waals surface area contributed by atoms with Crippen LogP contribution in [0.15, 0.2) is 138 Å². The topological polar surface area (TPSA) is 29.3 Å². The van der Waals surface area contributed by atoms with E-state index in [0.29, 0.717) is 0 Å². The Morgan fingerprint density at radius 2 is 1.19 bits per heavy atom. The number of aromatic nitrogens is 1. The number of pyridine rings is 1. The zero-order valence-electron chi connectivity index (χ0n) is 24.0. The van der Waals surface area contributed by atoms with Gasteiger partial charge >= 0.3 is 0 Å². The zero-order chi connectivity index (χ0) is 28.7. The van der Waals surface area contributed by atoms with Gasteiger partial charge in [0.1, 0.15) is 17.0 Å². The van der Waals surface area contributed by atoms with Crippen molar-refractivity contribution >= 4 is 60.7 Å². The summed E-state index contributed by atoms with van der Waals surface area (Å²) in [6, 6.07) is 47.5. The third-order valence-corrected chi connectivity index (χ3v) is 9.21. The number of furan rings is 1. The molecular formula is C40H28N2O. The molecule has 1 aliphatic heterocycles. The minimum atomic E-state index is -0.141. The van der Waals surface area contributed by atoms with Gasteiger partial charge < -0.3 is 4.42 Å². The van der Waals surface area contributed by atoms with Gasteiger partial charge in [-0.1, -0.05) is 105 Å². The minimum Gasteiger partial charge on any atom is -0.456 e. The van der Waals surface area contributed by atoms with E-state index in [0.717, 1.165) is 61.2 Å². The molecule has 0 bridgehead atoms. The molecule has 0 atom stereocenters. The van der Waals surface area contributed by atoms with Crippen molar-refractivity contribution in [2.75, 3.05) is 4.90 Å². The minimum absolute atomic E-state index is 0.141. The molecule has 3 nitrogen and oxygen atoms in total. The van der Waals surface area contributed by atoms with Crippen LogP contribution in [0, 0.1) is 0 Å². The maximum Gasteiger partial charge on any atom is 0.138 e. The molecule has 0 spiro atoms. The fraction of sp³-hybridized carbons (Fsp3) is 0.0750. The van der Waals surface area contributed by atoms with Crippen molar-refractivity contribution in [1.29, 1.82) is 0 Å². The Morgan fingerprint density at radius 3 is 1.91 bits per heavy atom. The van der Waals surface area contributed by atoms with Gasteiger partial charge in [0.15, 0.2) is 0 Å². The lowest BCUT2D eigenvalue weighted by Crippen LogP contribution is -2.30. The van der Waals surface area contributed by atoms with E-state index in [1.54, 1.807) is 0 Å². The lowest BCUT2D eigenvalue weighted by atomic mass is 9.73. The van der Waals surface area contributed by atoms with Gasteiger partial charge in [0.25, 0.3) is 0 Å². The standard InChI is InChI=1S/C40H28N2O/c1-40(2)31-16-8-10-18-33(31)42(34-19-11-9-17-32(34)40)37-24-29-28(39(41-37)25-12-4-3-5-13-25)20-21-35-38(29)30-22-26-14-6-7-15-27(26)23-36(30)43-35/h3-24H,1-2H3. The molecule has 1 aliphatic rings. The first kappa shape index (κ1) is 24.2. The van der Waals surface area contributed by atoms with Crippen LogP contribution in [-0.4, -0.2) is 4.98 Å². The summed E-state index contributed by atoms with van der Waals surface area (Å²) in [5.74, 6) is 0.893. The number of para-hydroxylation sites is 2. The van der Waals surface area contributed by atoms with Crippen molar-refractivity contribution in [3.05, 3.63) is 145 Å². The number of nitrogens with zero attached hydrogens (tertiary/aromatic N) is 2. The van der Waals surface area contributed by atoms with E-state index in [-0.39, 0.29) is 5.41 Å². The van der Waals surface area contributed by atoms with Crippen molar-refractivity contribution in [2.45, 2.75) is 19.3 Å². The normalized spacial score (nSPS) is 14.0. The summed E-state index contributed by atoms with van der Waals surface area (Å²) in [5.41, 5.74) is 8.59. The summed E-state index contributed by atoms with van der Waals surface area (Å²) >= 11 is 0. The molecule has 204 valence electrons. The first-order chi connectivity index (χ1) is 21.1. The Hall–Kier alpha value is -5.41. The molecule has 2 aromatic heterocycles. The van der Waals surface area contributed by atoms with Crippen LogP contribution < -0.4 is 4.90 Å². The van der Waals surface area contributed by atoms with Crippen LogP contribution in [0.4, 0.5) is 17.2 Å². The molecule has 8 aromatic rings. The van der Waals surface area contributed by atoms with Gasteiger partial charge in [-0.25, -0.2) is 4.98 Å². The SMILES string of the molecule is CC1(C)c2ccccc2N(c2cc3c(ccc4oc5cc6ccccc6cc5c43)c(-c3ccccc3)n2)c2ccccc21. The number of benzene rings is 6. The van der Waals surface area contributed by atoms with Gasteiger partial charge in [-0.05, 0) is 69.8 Å². The molecule has 6 aromatic carbocycles. The maximum absolute atomic E-state index is 6.51. The van der Waals surface area contributed by atoms with Gasteiger partial charge in [0.2, 0.25) is 0 Å². The van der Waals surface area contributed by atoms with Crippen molar-refractivity contribution in [2.24, 2.45) is 0 Å². The van der Waals surface area contributed by atoms with Gasteiger partial charge in [0, 0.05) is 27.1 Å². The van der Waals surface area contributed by atoms with E-state index in [2.05, 4.69) is 152 Å². The second-order valence-corrected chi connectivity index (χ2v) is 12.0. The third kappa shape index (κ3) is 3.45. The van der Waals surface area contributed by atoms with Gasteiger partial charge in [-0.3, -0.25) is 4.90 Å². The molecule has 0 N–H and O–H groups in total. The summed E-state index contributed by atoms with van der Waals surface area (Å²) in [5, 5.41) is 6.87. The predicted molar refractivity (Wildman–Crippen MR) is 179 cm³/mol. The highest BCUT2D eigenvalue weighted by Crippen LogP contribution is 2.52. The Labute approximate surface area is 249 Å². The Kier molecular flexibility index (Phi) is 4.95. The zero-order valence-corrected chi connectivity index (χ0v) is 24.0. The van der Waals surface area contributed by atoms with Crippen LogP contribution in [0.2, 0.25) is 0 Å². The summed E-state index contributed by atoms with van der Waals surface area (Å²) in [7, 11) is 0. The molecule has 0 saturated carbocycles. The molecule has 3 heteroatoms. The molecular weight excluding hydrogens is 524 g/mol. The molecule has 0 unspecified atom stereocenters. The van der Waals surface area contributed by atoms with Gasteiger partial charge in [0.05, 0.1) is 17.1 Å². The summed E-state index contributed by atoms with van der Waals surface area (Å²) in [6.45, 7) is 4.63. The third-order valence-electron chi connectivity index (χ3n) is 9.21. The quantitative estimate of drug-likeness (QED) is 0.214. The van der Waals surface area contributed by atoms with Crippen LogP contribution in [0.3, 0.4) is 0 Å². The molecule has 0 saturated heterocycles. The maximum atomic E-state index is 6.51. The molecule has 3 heterocycles. The smallest absolute Gasteiger partial charge is 0.138 e. The summed E-state index contributed by atoms with van der Waals surface area (Å²) in [6.07, 6.45) is 0. The van der Waals surface area contributed by atoms with Gasteiger partial charge in [-0.15, -0.1) is 0 Å². The molecule has 9 rings (SSSR count). The largest absolute Gasteiger partial charge is 0.456 e. The van der Waals surface area contributed by atoms with Crippen molar-refractivity contribution in [3.63, 3.8) is 0 Å². The number of rotatable bonds is 2. The second kappa shape index (κ2) is 8.80. The number of anilines is 3. The molecule has 0 amide bonds. The summed E-state index contributed by atoms with van der Waals surface area (Å²) in [4.78, 5) is 7.80. The fourth-order valence-corrected chi connectivity index (χ4v) is 7.12. The van der Waals surface area contributed by atoms with Crippen LogP contribution in [-0.2, 0) is 5.41 Å². The lowest BCUT2D eigenvalue weighted by Gasteiger charge is -2.41. The molecule has 0 aliphatic carbocycles. The summed E-state index contributed by atoms with van der Waals surface area (Å²) < 4.78 is 6.51. The highest BCUT2D eigenvalue weighted by molar-refractivity contribution is 6.22. The first-order valence-corrected chi connectivity index (χ1v) is 14.8. The number of hydrogen-bond acceptors (Lipinski definition) is 3. The lowest BCUT2D eigenvalue weighted by molar-refractivity contribution is 0.631. The molecule has 0 fully saturated rings. The van der Waals surface area contributed by atoms with Crippen LogP contribution in [0.5, 0.6) is 0 Å². The second-order valence-electron chi connectivity index (χ2n) is 12.0. The van der Waals surface area contributed by atoms with Crippen LogP contribution >= 0.6 is 0 Å². The van der Waals surface area contributed by atoms with Crippen LogP contribution in [0.25, 0.3) is 54.7 Å². The van der Waals surface area contributed by atoms with E-state index in [9.17, 15) is 0 Å². The molecule has 43 heavy (non-hydrogen) atoms.